The van der Waals surface area contributed by atoms with E-state index in [1.54, 1.807) is 0 Å². The predicted octanol–water partition coefficient (Wildman–Crippen LogP) is 14.4. The third-order valence-corrected chi connectivity index (χ3v) is 10.6. The molecule has 0 radical (unpaired) electrons. The molecule has 10 aromatic rings. The topological polar surface area (TPSA) is 8.17 Å². The Kier molecular flexibility index (Phi) is 7.85. The van der Waals surface area contributed by atoms with Crippen molar-refractivity contribution >= 4 is 49.6 Å². The number of anilines is 3. The van der Waals surface area contributed by atoms with Crippen molar-refractivity contribution < 1.29 is 0 Å². The van der Waals surface area contributed by atoms with Gasteiger partial charge < -0.3 is 9.47 Å². The van der Waals surface area contributed by atoms with Crippen LogP contribution in [0.25, 0.3) is 71.6 Å². The van der Waals surface area contributed by atoms with Crippen LogP contribution in [0.1, 0.15) is 0 Å². The average Bonchev–Trinajstić information content (AvgIpc) is 3.59. The molecule has 0 fully saturated rings. The molecule has 2 heteroatoms. The summed E-state index contributed by atoms with van der Waals surface area (Å²) in [6, 6.07) is 79.0. The van der Waals surface area contributed by atoms with Crippen molar-refractivity contribution in [1.29, 1.82) is 0 Å². The lowest BCUT2D eigenvalue weighted by Crippen LogP contribution is -2.15. The van der Waals surface area contributed by atoms with Crippen molar-refractivity contribution in [3.8, 4) is 39.1 Å². The standard InChI is InChI=1S/C52H36N2/c1-3-19-37(20-4-1)40-25-9-10-29-45(40)52-42(39-21-5-2-6-22-39)30-18-36-51(52)54(46-35-17-24-38-23-7-8-26-41(38)46)50-34-16-15-33-49(50)53-47-31-13-11-27-43(47)44-28-12-14-32-48(44)53/h1-36H. The first-order chi connectivity index (χ1) is 26.8. The lowest BCUT2D eigenvalue weighted by atomic mass is 9.87. The summed E-state index contributed by atoms with van der Waals surface area (Å²) >= 11 is 0. The van der Waals surface area contributed by atoms with Crippen molar-refractivity contribution in [1.82, 2.24) is 4.57 Å². The van der Waals surface area contributed by atoms with E-state index in [-0.39, 0.29) is 0 Å². The second-order valence-corrected chi connectivity index (χ2v) is 13.7. The second kappa shape index (κ2) is 13.4. The summed E-state index contributed by atoms with van der Waals surface area (Å²) in [5.74, 6) is 0. The highest BCUT2D eigenvalue weighted by Crippen LogP contribution is 2.50. The largest absolute Gasteiger partial charge is 0.307 e. The zero-order chi connectivity index (χ0) is 35.8. The minimum absolute atomic E-state index is 1.09. The zero-order valence-corrected chi connectivity index (χ0v) is 29.7. The highest BCUT2D eigenvalue weighted by atomic mass is 15.2. The number of para-hydroxylation sites is 4. The molecular formula is C52H36N2. The molecule has 0 saturated carbocycles. The summed E-state index contributed by atoms with van der Waals surface area (Å²) in [4.78, 5) is 2.50. The number of aromatic nitrogens is 1. The number of nitrogens with zero attached hydrogens (tertiary/aromatic N) is 2. The van der Waals surface area contributed by atoms with Gasteiger partial charge in [0.1, 0.15) is 0 Å². The Morgan fingerprint density at radius 1 is 0.296 bits per heavy atom. The molecule has 0 aliphatic heterocycles. The van der Waals surface area contributed by atoms with Crippen LogP contribution in [0.2, 0.25) is 0 Å². The maximum absolute atomic E-state index is 2.50. The molecular weight excluding hydrogens is 653 g/mol. The SMILES string of the molecule is c1ccc(-c2ccccc2-c2c(-c3ccccc3)cccc2N(c2ccccc2-n2c3ccccc3c3ccccc32)c2cccc3ccccc23)cc1. The van der Waals surface area contributed by atoms with Crippen LogP contribution < -0.4 is 4.90 Å². The van der Waals surface area contributed by atoms with Crippen LogP contribution in [0.15, 0.2) is 218 Å². The molecule has 10 rings (SSSR count). The fraction of sp³-hybridized carbons (Fsp3) is 0. The van der Waals surface area contributed by atoms with E-state index in [1.165, 1.54) is 66.0 Å². The van der Waals surface area contributed by atoms with Crippen LogP contribution in [-0.4, -0.2) is 4.57 Å². The molecule has 0 amide bonds. The maximum Gasteiger partial charge on any atom is 0.0702 e. The molecule has 2 nitrogen and oxygen atoms in total. The van der Waals surface area contributed by atoms with E-state index in [2.05, 4.69) is 228 Å². The van der Waals surface area contributed by atoms with Crippen LogP contribution >= 0.6 is 0 Å². The smallest absolute Gasteiger partial charge is 0.0702 e. The third kappa shape index (κ3) is 5.27. The van der Waals surface area contributed by atoms with E-state index >= 15 is 0 Å². The average molecular weight is 689 g/mol. The third-order valence-electron chi connectivity index (χ3n) is 10.6. The Labute approximate surface area is 315 Å². The van der Waals surface area contributed by atoms with Crippen molar-refractivity contribution in [3.05, 3.63) is 218 Å². The minimum atomic E-state index is 1.09. The summed E-state index contributed by atoms with van der Waals surface area (Å²) < 4.78 is 2.44. The van der Waals surface area contributed by atoms with Gasteiger partial charge in [-0.25, -0.2) is 0 Å². The molecule has 9 aromatic carbocycles. The Hall–Kier alpha value is -7.16. The van der Waals surface area contributed by atoms with E-state index in [9.17, 15) is 0 Å². The maximum atomic E-state index is 2.50. The Bertz CT molecular complexity index is 2880. The summed E-state index contributed by atoms with van der Waals surface area (Å²) in [5.41, 5.74) is 13.8. The van der Waals surface area contributed by atoms with Crippen molar-refractivity contribution in [2.75, 3.05) is 4.90 Å². The van der Waals surface area contributed by atoms with Crippen molar-refractivity contribution in [3.63, 3.8) is 0 Å². The Morgan fingerprint density at radius 3 is 1.48 bits per heavy atom. The first-order valence-electron chi connectivity index (χ1n) is 18.5. The molecule has 0 aliphatic carbocycles. The van der Waals surface area contributed by atoms with Crippen LogP contribution in [0, 0.1) is 0 Å². The lowest BCUT2D eigenvalue weighted by molar-refractivity contribution is 1.15. The molecule has 1 heterocycles. The van der Waals surface area contributed by atoms with Gasteiger partial charge in [-0.2, -0.15) is 0 Å². The predicted molar refractivity (Wildman–Crippen MR) is 229 cm³/mol. The van der Waals surface area contributed by atoms with E-state index in [4.69, 9.17) is 0 Å². The molecule has 0 bridgehead atoms. The number of hydrogen-bond acceptors (Lipinski definition) is 1. The van der Waals surface area contributed by atoms with Gasteiger partial charge in [-0.1, -0.05) is 182 Å². The molecule has 0 unspecified atom stereocenters. The molecule has 0 atom stereocenters. The highest BCUT2D eigenvalue weighted by Gasteiger charge is 2.26. The molecule has 0 aliphatic rings. The van der Waals surface area contributed by atoms with E-state index < -0.39 is 0 Å². The molecule has 0 spiro atoms. The molecule has 0 N–H and O–H groups in total. The van der Waals surface area contributed by atoms with Crippen molar-refractivity contribution in [2.45, 2.75) is 0 Å². The second-order valence-electron chi connectivity index (χ2n) is 13.7. The fourth-order valence-corrected chi connectivity index (χ4v) is 8.26. The van der Waals surface area contributed by atoms with Gasteiger partial charge in [0.15, 0.2) is 0 Å². The fourth-order valence-electron chi connectivity index (χ4n) is 8.26. The van der Waals surface area contributed by atoms with Crippen LogP contribution in [-0.2, 0) is 0 Å². The number of rotatable bonds is 7. The number of fused-ring (bicyclic) bond motifs is 4. The molecule has 54 heavy (non-hydrogen) atoms. The van der Waals surface area contributed by atoms with Gasteiger partial charge in [0.05, 0.1) is 33.8 Å². The van der Waals surface area contributed by atoms with Gasteiger partial charge in [0, 0.05) is 21.7 Å². The first-order valence-corrected chi connectivity index (χ1v) is 18.5. The number of benzene rings is 9. The van der Waals surface area contributed by atoms with Gasteiger partial charge in [0.2, 0.25) is 0 Å². The minimum Gasteiger partial charge on any atom is -0.307 e. The van der Waals surface area contributed by atoms with Gasteiger partial charge in [0.25, 0.3) is 0 Å². The van der Waals surface area contributed by atoms with Crippen molar-refractivity contribution in [2.24, 2.45) is 0 Å². The quantitative estimate of drug-likeness (QED) is 0.162. The van der Waals surface area contributed by atoms with E-state index in [1.807, 2.05) is 0 Å². The monoisotopic (exact) mass is 688 g/mol. The zero-order valence-electron chi connectivity index (χ0n) is 29.7. The van der Waals surface area contributed by atoms with Crippen LogP contribution in [0.5, 0.6) is 0 Å². The summed E-state index contributed by atoms with van der Waals surface area (Å²) in [7, 11) is 0. The van der Waals surface area contributed by atoms with Gasteiger partial charge >= 0.3 is 0 Å². The first kappa shape index (κ1) is 31.6. The Morgan fingerprint density at radius 2 is 0.759 bits per heavy atom. The molecule has 254 valence electrons. The van der Waals surface area contributed by atoms with E-state index in [0.29, 0.717) is 0 Å². The van der Waals surface area contributed by atoms with Gasteiger partial charge in [-0.05, 0) is 69.6 Å². The lowest BCUT2D eigenvalue weighted by Gasteiger charge is -2.32. The number of hydrogen-bond donors (Lipinski definition) is 0. The highest BCUT2D eigenvalue weighted by molar-refractivity contribution is 6.11. The summed E-state index contributed by atoms with van der Waals surface area (Å²) in [6.07, 6.45) is 0. The summed E-state index contributed by atoms with van der Waals surface area (Å²) in [5, 5.41) is 4.86. The molecule has 1 aromatic heterocycles. The van der Waals surface area contributed by atoms with Gasteiger partial charge in [-0.3, -0.25) is 0 Å². The van der Waals surface area contributed by atoms with Crippen LogP contribution in [0.4, 0.5) is 17.1 Å². The molecule has 0 saturated heterocycles. The van der Waals surface area contributed by atoms with Crippen LogP contribution in [0.3, 0.4) is 0 Å². The normalized spacial score (nSPS) is 11.3. The Balaban J connectivity index is 1.35. The summed E-state index contributed by atoms with van der Waals surface area (Å²) in [6.45, 7) is 0. The van der Waals surface area contributed by atoms with Gasteiger partial charge in [-0.15, -0.1) is 0 Å². The van der Waals surface area contributed by atoms with E-state index in [0.717, 1.165) is 22.7 Å².